The predicted octanol–water partition coefficient (Wildman–Crippen LogP) is 3.11. The molecule has 19 heavy (non-hydrogen) atoms. The van der Waals surface area contributed by atoms with Gasteiger partial charge in [-0.1, -0.05) is 33.3 Å². The van der Waals surface area contributed by atoms with Crippen molar-refractivity contribution in [1.29, 1.82) is 0 Å². The minimum atomic E-state index is -0.421. The summed E-state index contributed by atoms with van der Waals surface area (Å²) in [7, 11) is 0. The number of allylic oxidation sites excluding steroid dienone is 1. The summed E-state index contributed by atoms with van der Waals surface area (Å²) in [6, 6.07) is 0. The number of hydrogen-bond acceptors (Lipinski definition) is 4. The second-order valence-corrected chi connectivity index (χ2v) is 5.72. The molecule has 0 amide bonds. The average molecular weight is 270 g/mol. The second-order valence-electron chi connectivity index (χ2n) is 5.72. The zero-order valence-electron chi connectivity index (χ0n) is 12.9. The molecule has 0 spiro atoms. The van der Waals surface area contributed by atoms with Gasteiger partial charge in [0.15, 0.2) is 0 Å². The zero-order chi connectivity index (χ0) is 15.0. The Bertz CT molecular complexity index is 336. The first-order valence-electron chi connectivity index (χ1n) is 6.73. The molecule has 0 rings (SSSR count). The molecule has 110 valence electrons. The maximum atomic E-state index is 11.9. The molecule has 0 atom stereocenters. The highest BCUT2D eigenvalue weighted by atomic mass is 16.5. The van der Waals surface area contributed by atoms with Crippen LogP contribution in [0.2, 0.25) is 0 Å². The molecule has 0 aliphatic rings. The lowest BCUT2D eigenvalue weighted by atomic mass is 10.1. The Morgan fingerprint density at radius 2 is 1.37 bits per heavy atom. The van der Waals surface area contributed by atoms with Gasteiger partial charge in [-0.15, -0.1) is 0 Å². The van der Waals surface area contributed by atoms with E-state index >= 15 is 0 Å². The van der Waals surface area contributed by atoms with E-state index in [1.54, 1.807) is 13.8 Å². The normalized spacial score (nSPS) is 10.5. The van der Waals surface area contributed by atoms with Crippen LogP contribution in [0.25, 0.3) is 0 Å². The van der Waals surface area contributed by atoms with E-state index in [9.17, 15) is 9.59 Å². The van der Waals surface area contributed by atoms with Crippen LogP contribution in [0.5, 0.6) is 0 Å². The second kappa shape index (κ2) is 8.73. The maximum absolute atomic E-state index is 11.9. The Kier molecular flexibility index (Phi) is 8.12. The lowest BCUT2D eigenvalue weighted by Gasteiger charge is -2.12. The van der Waals surface area contributed by atoms with E-state index in [-0.39, 0.29) is 24.2 Å². The van der Waals surface area contributed by atoms with Crippen LogP contribution in [0, 0.1) is 11.8 Å². The summed E-state index contributed by atoms with van der Waals surface area (Å²) in [5.74, 6) is -0.246. The fourth-order valence-corrected chi connectivity index (χ4v) is 1.24. The number of carbonyl (C=O) groups excluding carboxylic acids is 2. The van der Waals surface area contributed by atoms with E-state index in [1.165, 1.54) is 0 Å². The van der Waals surface area contributed by atoms with Crippen LogP contribution in [-0.2, 0) is 19.1 Å². The summed E-state index contributed by atoms with van der Waals surface area (Å²) in [5.41, 5.74) is 1.18. The molecular weight excluding hydrogens is 244 g/mol. The summed E-state index contributed by atoms with van der Waals surface area (Å²) < 4.78 is 10.2. The number of hydrogen-bond donors (Lipinski definition) is 0. The lowest BCUT2D eigenvalue weighted by molar-refractivity contribution is -0.147. The smallest absolute Gasteiger partial charge is 0.334 e. The van der Waals surface area contributed by atoms with Crippen LogP contribution >= 0.6 is 0 Å². The van der Waals surface area contributed by atoms with Crippen LogP contribution in [0.4, 0.5) is 0 Å². The van der Waals surface area contributed by atoms with Crippen molar-refractivity contribution >= 4 is 11.9 Å². The zero-order valence-corrected chi connectivity index (χ0v) is 12.9. The summed E-state index contributed by atoms with van der Waals surface area (Å²) in [5, 5.41) is 0. The molecule has 0 aromatic rings. The first-order valence-corrected chi connectivity index (χ1v) is 6.73. The van der Waals surface area contributed by atoms with Crippen LogP contribution < -0.4 is 0 Å². The number of esters is 2. The van der Waals surface area contributed by atoms with Crippen molar-refractivity contribution in [3.8, 4) is 0 Å². The van der Waals surface area contributed by atoms with Crippen molar-refractivity contribution in [2.75, 3.05) is 13.2 Å². The summed E-state index contributed by atoms with van der Waals surface area (Å²) in [6.45, 7) is 12.2. The highest BCUT2D eigenvalue weighted by Gasteiger charge is 2.18. The van der Waals surface area contributed by atoms with Crippen LogP contribution in [0.15, 0.2) is 11.1 Å². The van der Waals surface area contributed by atoms with Crippen LogP contribution in [0.1, 0.15) is 48.0 Å². The highest BCUT2D eigenvalue weighted by molar-refractivity contribution is 5.94. The van der Waals surface area contributed by atoms with E-state index in [0.29, 0.717) is 18.8 Å². The van der Waals surface area contributed by atoms with Gasteiger partial charge >= 0.3 is 11.9 Å². The maximum Gasteiger partial charge on any atom is 0.334 e. The van der Waals surface area contributed by atoms with Gasteiger partial charge in [-0.3, -0.25) is 4.79 Å². The summed E-state index contributed by atoms with van der Waals surface area (Å²) in [6.07, 6.45) is -0.0218. The quantitative estimate of drug-likeness (QED) is 0.527. The highest BCUT2D eigenvalue weighted by Crippen LogP contribution is 2.13. The van der Waals surface area contributed by atoms with E-state index < -0.39 is 5.97 Å². The average Bonchev–Trinajstić information content (AvgIpc) is 2.29. The molecule has 0 fully saturated rings. The van der Waals surface area contributed by atoms with Crippen LogP contribution in [0.3, 0.4) is 0 Å². The van der Waals surface area contributed by atoms with Gasteiger partial charge in [-0.2, -0.15) is 0 Å². The van der Waals surface area contributed by atoms with Gasteiger partial charge < -0.3 is 9.47 Å². The van der Waals surface area contributed by atoms with Gasteiger partial charge in [0.05, 0.1) is 19.6 Å². The molecule has 0 aromatic carbocycles. The minimum Gasteiger partial charge on any atom is -0.465 e. The topological polar surface area (TPSA) is 52.6 Å². The molecule has 0 bridgehead atoms. The van der Waals surface area contributed by atoms with Gasteiger partial charge in [0.25, 0.3) is 0 Å². The molecule has 0 radical (unpaired) electrons. The molecule has 0 aliphatic carbocycles. The van der Waals surface area contributed by atoms with Crippen molar-refractivity contribution < 1.29 is 19.1 Å². The molecule has 0 unspecified atom stereocenters. The van der Waals surface area contributed by atoms with E-state index in [2.05, 4.69) is 0 Å². The third-order valence-electron chi connectivity index (χ3n) is 2.30. The summed E-state index contributed by atoms with van der Waals surface area (Å²) in [4.78, 5) is 23.5. The molecule has 0 N–H and O–H groups in total. The van der Waals surface area contributed by atoms with Gasteiger partial charge in [0.1, 0.15) is 0 Å². The van der Waals surface area contributed by atoms with Crippen molar-refractivity contribution in [2.45, 2.75) is 48.0 Å². The Morgan fingerprint density at radius 1 is 0.895 bits per heavy atom. The minimum absolute atomic E-state index is 0.0218. The van der Waals surface area contributed by atoms with Gasteiger partial charge in [-0.25, -0.2) is 4.79 Å². The molecule has 0 heterocycles. The number of rotatable bonds is 7. The molecule has 0 saturated carbocycles. The van der Waals surface area contributed by atoms with Crippen molar-refractivity contribution in [1.82, 2.24) is 0 Å². The van der Waals surface area contributed by atoms with Crippen molar-refractivity contribution in [2.24, 2.45) is 11.8 Å². The first kappa shape index (κ1) is 17.7. The van der Waals surface area contributed by atoms with E-state index in [0.717, 1.165) is 5.57 Å². The Balaban J connectivity index is 4.47. The molecular formula is C15H26O4. The Morgan fingerprint density at radius 3 is 1.79 bits per heavy atom. The molecule has 0 aromatic heterocycles. The largest absolute Gasteiger partial charge is 0.465 e. The Labute approximate surface area is 116 Å². The van der Waals surface area contributed by atoms with Crippen molar-refractivity contribution in [3.63, 3.8) is 0 Å². The van der Waals surface area contributed by atoms with Crippen molar-refractivity contribution in [3.05, 3.63) is 11.1 Å². The SMILES string of the molecule is CC(C)=C(CC(=O)OCC(C)C)C(=O)OCC(C)C. The molecule has 0 saturated heterocycles. The van der Waals surface area contributed by atoms with E-state index in [1.807, 2.05) is 27.7 Å². The molecule has 4 nitrogen and oxygen atoms in total. The summed E-state index contributed by atoms with van der Waals surface area (Å²) >= 11 is 0. The van der Waals surface area contributed by atoms with E-state index in [4.69, 9.17) is 9.47 Å². The first-order chi connectivity index (χ1) is 8.73. The predicted molar refractivity (Wildman–Crippen MR) is 74.6 cm³/mol. The third kappa shape index (κ3) is 8.41. The van der Waals surface area contributed by atoms with Gasteiger partial charge in [-0.05, 0) is 25.7 Å². The fraction of sp³-hybridized carbons (Fsp3) is 0.733. The molecule has 0 aliphatic heterocycles. The lowest BCUT2D eigenvalue weighted by Crippen LogP contribution is -2.18. The van der Waals surface area contributed by atoms with Gasteiger partial charge in [0, 0.05) is 5.57 Å². The number of ether oxygens (including phenoxy) is 2. The van der Waals surface area contributed by atoms with Crippen LogP contribution in [-0.4, -0.2) is 25.2 Å². The van der Waals surface area contributed by atoms with Gasteiger partial charge in [0.2, 0.25) is 0 Å². The standard InChI is InChI=1S/C15H26O4/c1-10(2)8-18-14(16)7-13(12(5)6)15(17)19-9-11(3)4/h10-11H,7-9H2,1-6H3. The molecule has 4 heteroatoms. The number of carbonyl (C=O) groups is 2. The Hall–Kier alpha value is -1.32. The fourth-order valence-electron chi connectivity index (χ4n) is 1.24. The monoisotopic (exact) mass is 270 g/mol. The third-order valence-corrected chi connectivity index (χ3v) is 2.30.